The van der Waals surface area contributed by atoms with Crippen LogP contribution in [0.15, 0.2) is 24.5 Å². The highest BCUT2D eigenvalue weighted by atomic mass is 19.1. The minimum absolute atomic E-state index is 0.0246. The van der Waals surface area contributed by atoms with E-state index in [4.69, 9.17) is 5.11 Å². The summed E-state index contributed by atoms with van der Waals surface area (Å²) in [5.74, 6) is -2.15. The molecule has 1 amide bonds. The van der Waals surface area contributed by atoms with Gasteiger partial charge in [0.05, 0.1) is 23.5 Å². The van der Waals surface area contributed by atoms with Crippen LogP contribution >= 0.6 is 0 Å². The number of carbonyl (C=O) groups is 2. The first-order chi connectivity index (χ1) is 9.08. The van der Waals surface area contributed by atoms with Crippen molar-refractivity contribution in [2.75, 3.05) is 0 Å². The molecule has 0 fully saturated rings. The Morgan fingerprint density at radius 1 is 1.47 bits per heavy atom. The lowest BCUT2D eigenvalue weighted by molar-refractivity contribution is 0.0688. The zero-order chi connectivity index (χ0) is 13.6. The molecule has 0 saturated carbocycles. The topological polar surface area (TPSA) is 84.2 Å². The highest BCUT2D eigenvalue weighted by molar-refractivity contribution is 5.99. The number of nitrogens with zero attached hydrogens (tertiary/aromatic N) is 2. The van der Waals surface area contributed by atoms with E-state index in [-0.39, 0.29) is 17.8 Å². The first-order valence-electron chi connectivity index (χ1n) is 5.45. The summed E-state index contributed by atoms with van der Waals surface area (Å²) in [5, 5.41) is 11.6. The fourth-order valence-electron chi connectivity index (χ4n) is 2.09. The average molecular weight is 261 g/mol. The van der Waals surface area contributed by atoms with Gasteiger partial charge in [0.25, 0.3) is 5.91 Å². The number of carboxylic acid groups (broad SMARTS) is 1. The van der Waals surface area contributed by atoms with Gasteiger partial charge in [-0.1, -0.05) is 0 Å². The zero-order valence-electron chi connectivity index (χ0n) is 9.55. The van der Waals surface area contributed by atoms with Gasteiger partial charge in [0, 0.05) is 0 Å². The molecule has 7 heteroatoms. The number of fused-ring (bicyclic) bond motifs is 3. The van der Waals surface area contributed by atoms with Crippen molar-refractivity contribution in [3.8, 4) is 5.69 Å². The maximum absolute atomic E-state index is 13.2. The number of hydrogen-bond donors (Lipinski definition) is 2. The van der Waals surface area contributed by atoms with E-state index in [0.717, 1.165) is 6.07 Å². The number of imidazole rings is 1. The third-order valence-electron chi connectivity index (χ3n) is 2.95. The molecule has 1 aliphatic heterocycles. The SMILES string of the molecule is O=C1NCc2c(C(=O)O)ncn2-c2ccc(F)cc21. The Balaban J connectivity index is 2.28. The third-order valence-corrected chi connectivity index (χ3v) is 2.95. The van der Waals surface area contributed by atoms with Crippen LogP contribution in [0.5, 0.6) is 0 Å². The highest BCUT2D eigenvalue weighted by Gasteiger charge is 2.25. The molecule has 0 atom stereocenters. The predicted octanol–water partition coefficient (Wildman–Crippen LogP) is 0.953. The molecule has 0 radical (unpaired) electrons. The molecule has 0 unspecified atom stereocenters. The monoisotopic (exact) mass is 261 g/mol. The van der Waals surface area contributed by atoms with Crippen molar-refractivity contribution in [1.29, 1.82) is 0 Å². The van der Waals surface area contributed by atoms with Gasteiger partial charge in [0.2, 0.25) is 0 Å². The van der Waals surface area contributed by atoms with Gasteiger partial charge in [-0.25, -0.2) is 14.2 Å². The predicted molar refractivity (Wildman–Crippen MR) is 61.7 cm³/mol. The molecule has 2 aromatic rings. The van der Waals surface area contributed by atoms with Gasteiger partial charge in [-0.05, 0) is 18.2 Å². The molecule has 1 aromatic heterocycles. The summed E-state index contributed by atoms with van der Waals surface area (Å²) in [7, 11) is 0. The van der Waals surface area contributed by atoms with E-state index < -0.39 is 17.7 Å². The summed E-state index contributed by atoms with van der Waals surface area (Å²) < 4.78 is 14.7. The maximum atomic E-state index is 13.2. The number of rotatable bonds is 1. The van der Waals surface area contributed by atoms with Crippen LogP contribution in [0.4, 0.5) is 4.39 Å². The molecule has 6 nitrogen and oxygen atoms in total. The van der Waals surface area contributed by atoms with Crippen LogP contribution in [0, 0.1) is 5.82 Å². The minimum Gasteiger partial charge on any atom is -0.476 e. The zero-order valence-corrected chi connectivity index (χ0v) is 9.55. The van der Waals surface area contributed by atoms with Crippen molar-refractivity contribution in [2.24, 2.45) is 0 Å². The fraction of sp³-hybridized carbons (Fsp3) is 0.0833. The number of aromatic carboxylic acids is 1. The lowest BCUT2D eigenvalue weighted by Crippen LogP contribution is -2.22. The Labute approximate surface area is 106 Å². The van der Waals surface area contributed by atoms with Crippen molar-refractivity contribution >= 4 is 11.9 Å². The highest BCUT2D eigenvalue weighted by Crippen LogP contribution is 2.23. The molecule has 2 N–H and O–H groups in total. The number of aromatic nitrogens is 2. The summed E-state index contributed by atoms with van der Waals surface area (Å²) >= 11 is 0. The molecular weight excluding hydrogens is 253 g/mol. The van der Waals surface area contributed by atoms with Crippen molar-refractivity contribution < 1.29 is 19.1 Å². The number of benzene rings is 1. The summed E-state index contributed by atoms with van der Waals surface area (Å²) in [4.78, 5) is 26.7. The van der Waals surface area contributed by atoms with Crippen LogP contribution in [-0.4, -0.2) is 26.5 Å². The smallest absolute Gasteiger partial charge is 0.356 e. The molecule has 19 heavy (non-hydrogen) atoms. The standard InChI is InChI=1S/C12H8FN3O3/c13-6-1-2-8-7(3-6)11(17)14-4-9-10(12(18)19)15-5-16(8)9/h1-3,5H,4H2,(H,14,17)(H,18,19). The van der Waals surface area contributed by atoms with Gasteiger partial charge in [0.1, 0.15) is 12.1 Å². The first kappa shape index (κ1) is 11.4. The van der Waals surface area contributed by atoms with Gasteiger partial charge in [-0.3, -0.25) is 9.36 Å². The van der Waals surface area contributed by atoms with Gasteiger partial charge in [0.15, 0.2) is 5.69 Å². The Morgan fingerprint density at radius 2 is 2.26 bits per heavy atom. The van der Waals surface area contributed by atoms with E-state index in [9.17, 15) is 14.0 Å². The molecular formula is C12H8FN3O3. The van der Waals surface area contributed by atoms with Crippen molar-refractivity contribution in [1.82, 2.24) is 14.9 Å². The van der Waals surface area contributed by atoms with Crippen molar-refractivity contribution in [3.05, 3.63) is 47.3 Å². The normalized spacial score (nSPS) is 13.2. The van der Waals surface area contributed by atoms with Crippen LogP contribution in [0.3, 0.4) is 0 Å². The molecule has 0 saturated heterocycles. The second-order valence-electron chi connectivity index (χ2n) is 4.06. The number of amides is 1. The van der Waals surface area contributed by atoms with Crippen LogP contribution in [-0.2, 0) is 6.54 Å². The first-order valence-corrected chi connectivity index (χ1v) is 5.45. The van der Waals surface area contributed by atoms with E-state index >= 15 is 0 Å². The van der Waals surface area contributed by atoms with E-state index in [0.29, 0.717) is 11.4 Å². The van der Waals surface area contributed by atoms with E-state index in [1.54, 1.807) is 0 Å². The van der Waals surface area contributed by atoms with Gasteiger partial charge < -0.3 is 10.4 Å². The van der Waals surface area contributed by atoms with Crippen molar-refractivity contribution in [3.63, 3.8) is 0 Å². The van der Waals surface area contributed by atoms with E-state index in [1.165, 1.54) is 23.0 Å². The van der Waals surface area contributed by atoms with Crippen LogP contribution in [0.2, 0.25) is 0 Å². The van der Waals surface area contributed by atoms with E-state index in [2.05, 4.69) is 10.3 Å². The fourth-order valence-corrected chi connectivity index (χ4v) is 2.09. The lowest BCUT2D eigenvalue weighted by Gasteiger charge is -2.07. The number of halogens is 1. The van der Waals surface area contributed by atoms with Gasteiger partial charge >= 0.3 is 5.97 Å². The summed E-state index contributed by atoms with van der Waals surface area (Å²) in [6.45, 7) is 0.0246. The van der Waals surface area contributed by atoms with Crippen molar-refractivity contribution in [2.45, 2.75) is 6.54 Å². The molecule has 3 rings (SSSR count). The third kappa shape index (κ3) is 1.67. The van der Waals surface area contributed by atoms with Gasteiger partial charge in [-0.15, -0.1) is 0 Å². The molecule has 96 valence electrons. The molecule has 0 bridgehead atoms. The average Bonchev–Trinajstić information content (AvgIpc) is 2.74. The number of hydrogen-bond acceptors (Lipinski definition) is 3. The molecule has 0 spiro atoms. The summed E-state index contributed by atoms with van der Waals surface area (Å²) in [6.07, 6.45) is 1.32. The molecule has 0 aliphatic carbocycles. The second kappa shape index (κ2) is 3.91. The molecule has 2 heterocycles. The quantitative estimate of drug-likeness (QED) is 0.800. The lowest BCUT2D eigenvalue weighted by atomic mass is 10.1. The van der Waals surface area contributed by atoms with E-state index in [1.807, 2.05) is 0 Å². The molecule has 1 aliphatic rings. The Morgan fingerprint density at radius 3 is 3.00 bits per heavy atom. The summed E-state index contributed by atoms with van der Waals surface area (Å²) in [5.41, 5.74) is 0.781. The minimum atomic E-state index is -1.17. The number of carboxylic acids is 1. The molecule has 1 aromatic carbocycles. The Kier molecular flexibility index (Phi) is 2.34. The summed E-state index contributed by atoms with van der Waals surface area (Å²) in [6, 6.07) is 3.74. The second-order valence-corrected chi connectivity index (χ2v) is 4.06. The van der Waals surface area contributed by atoms with Crippen LogP contribution in [0.1, 0.15) is 26.5 Å². The van der Waals surface area contributed by atoms with Gasteiger partial charge in [-0.2, -0.15) is 0 Å². The Bertz CT molecular complexity index is 708. The van der Waals surface area contributed by atoms with Crippen LogP contribution < -0.4 is 5.32 Å². The van der Waals surface area contributed by atoms with Crippen LogP contribution in [0.25, 0.3) is 5.69 Å². The largest absolute Gasteiger partial charge is 0.476 e. The Hall–Kier alpha value is -2.70. The number of carbonyl (C=O) groups excluding carboxylic acids is 1. The number of nitrogens with one attached hydrogen (secondary N) is 1. The maximum Gasteiger partial charge on any atom is 0.356 e.